The first-order chi connectivity index (χ1) is 8.36. The number of piperidine rings is 1. The molecular formula is C15H30N2. The molecule has 1 aliphatic heterocycles. The molecule has 100 valence electrons. The van der Waals surface area contributed by atoms with Crippen molar-refractivity contribution in [3.05, 3.63) is 0 Å². The number of nitrogens with one attached hydrogen (secondary N) is 1. The fourth-order valence-electron chi connectivity index (χ4n) is 3.38. The van der Waals surface area contributed by atoms with Crippen LogP contribution in [0.15, 0.2) is 0 Å². The Morgan fingerprint density at radius 1 is 1.00 bits per heavy atom. The van der Waals surface area contributed by atoms with Gasteiger partial charge in [0.1, 0.15) is 0 Å². The first-order valence-electron chi connectivity index (χ1n) is 7.81. The van der Waals surface area contributed by atoms with Gasteiger partial charge >= 0.3 is 0 Å². The molecule has 0 amide bonds. The van der Waals surface area contributed by atoms with Crippen LogP contribution in [0.4, 0.5) is 0 Å². The van der Waals surface area contributed by atoms with Crippen LogP contribution in [0.5, 0.6) is 0 Å². The van der Waals surface area contributed by atoms with Crippen LogP contribution in [0.25, 0.3) is 0 Å². The summed E-state index contributed by atoms with van der Waals surface area (Å²) in [5, 5.41) is 3.71. The van der Waals surface area contributed by atoms with Crippen molar-refractivity contribution in [2.75, 3.05) is 26.2 Å². The van der Waals surface area contributed by atoms with Crippen molar-refractivity contribution >= 4 is 0 Å². The summed E-state index contributed by atoms with van der Waals surface area (Å²) in [6, 6.07) is 0.735. The second-order valence-electron chi connectivity index (χ2n) is 6.11. The molecule has 1 heterocycles. The lowest BCUT2D eigenvalue weighted by atomic mass is 9.89. The van der Waals surface area contributed by atoms with Crippen LogP contribution in [-0.2, 0) is 0 Å². The predicted molar refractivity (Wildman–Crippen MR) is 74.3 cm³/mol. The van der Waals surface area contributed by atoms with E-state index < -0.39 is 0 Å². The molecule has 1 atom stereocenters. The van der Waals surface area contributed by atoms with E-state index in [1.165, 1.54) is 77.5 Å². The van der Waals surface area contributed by atoms with Gasteiger partial charge in [-0.3, -0.25) is 4.90 Å². The molecule has 2 aliphatic rings. The lowest BCUT2D eigenvalue weighted by Gasteiger charge is -2.33. The van der Waals surface area contributed by atoms with E-state index in [1.54, 1.807) is 0 Å². The lowest BCUT2D eigenvalue weighted by molar-refractivity contribution is 0.168. The zero-order valence-corrected chi connectivity index (χ0v) is 11.6. The molecule has 1 saturated carbocycles. The zero-order valence-electron chi connectivity index (χ0n) is 11.6. The van der Waals surface area contributed by atoms with Crippen molar-refractivity contribution in [2.45, 2.75) is 64.3 Å². The number of rotatable bonds is 5. The summed E-state index contributed by atoms with van der Waals surface area (Å²) in [5.41, 5.74) is 0. The van der Waals surface area contributed by atoms with Gasteiger partial charge in [-0.15, -0.1) is 0 Å². The molecule has 2 fully saturated rings. The molecule has 17 heavy (non-hydrogen) atoms. The molecule has 0 aromatic carbocycles. The predicted octanol–water partition coefficient (Wildman–Crippen LogP) is 3.03. The summed E-state index contributed by atoms with van der Waals surface area (Å²) in [4.78, 5) is 2.66. The van der Waals surface area contributed by atoms with Crippen LogP contribution in [0.1, 0.15) is 58.3 Å². The summed E-state index contributed by atoms with van der Waals surface area (Å²) >= 11 is 0. The maximum absolute atomic E-state index is 3.71. The Bertz CT molecular complexity index is 193. The van der Waals surface area contributed by atoms with E-state index in [2.05, 4.69) is 17.1 Å². The second-order valence-corrected chi connectivity index (χ2v) is 6.11. The molecule has 0 radical (unpaired) electrons. The van der Waals surface area contributed by atoms with Crippen LogP contribution in [-0.4, -0.2) is 37.1 Å². The highest BCUT2D eigenvalue weighted by molar-refractivity contribution is 4.75. The summed E-state index contributed by atoms with van der Waals surface area (Å²) in [6.07, 6.45) is 11.6. The molecule has 1 N–H and O–H groups in total. The van der Waals surface area contributed by atoms with Gasteiger partial charge in [0, 0.05) is 12.6 Å². The first-order valence-corrected chi connectivity index (χ1v) is 7.81. The van der Waals surface area contributed by atoms with Gasteiger partial charge in [0.2, 0.25) is 0 Å². The van der Waals surface area contributed by atoms with Crippen molar-refractivity contribution in [3.8, 4) is 0 Å². The highest BCUT2D eigenvalue weighted by Crippen LogP contribution is 2.22. The van der Waals surface area contributed by atoms with E-state index in [-0.39, 0.29) is 0 Å². The van der Waals surface area contributed by atoms with Crippen LogP contribution >= 0.6 is 0 Å². The Morgan fingerprint density at radius 2 is 1.65 bits per heavy atom. The lowest BCUT2D eigenvalue weighted by Crippen LogP contribution is -2.44. The molecule has 2 heteroatoms. The fraction of sp³-hybridized carbons (Fsp3) is 1.00. The summed E-state index contributed by atoms with van der Waals surface area (Å²) in [7, 11) is 0. The standard InChI is InChI=1S/C15H30N2/c1-14(17-10-6-3-7-11-17)12-16-13-15-8-4-2-5-9-15/h14-16H,2-13H2,1H3. The third-order valence-electron chi connectivity index (χ3n) is 4.61. The van der Waals surface area contributed by atoms with Crippen molar-refractivity contribution in [3.63, 3.8) is 0 Å². The average Bonchev–Trinajstić information content (AvgIpc) is 2.41. The zero-order chi connectivity index (χ0) is 11.9. The largest absolute Gasteiger partial charge is 0.315 e. The third kappa shape index (κ3) is 4.59. The normalized spacial score (nSPS) is 25.9. The summed E-state index contributed by atoms with van der Waals surface area (Å²) < 4.78 is 0. The van der Waals surface area contributed by atoms with Crippen molar-refractivity contribution < 1.29 is 0 Å². The molecule has 1 aliphatic carbocycles. The SMILES string of the molecule is CC(CNCC1CCCCC1)N1CCCCC1. The fourth-order valence-corrected chi connectivity index (χ4v) is 3.38. The monoisotopic (exact) mass is 238 g/mol. The van der Waals surface area contributed by atoms with E-state index in [1.807, 2.05) is 0 Å². The van der Waals surface area contributed by atoms with E-state index in [0.717, 1.165) is 12.0 Å². The molecule has 2 nitrogen and oxygen atoms in total. The number of hydrogen-bond donors (Lipinski definition) is 1. The van der Waals surface area contributed by atoms with Crippen LogP contribution in [0.2, 0.25) is 0 Å². The van der Waals surface area contributed by atoms with Crippen molar-refractivity contribution in [2.24, 2.45) is 5.92 Å². The maximum Gasteiger partial charge on any atom is 0.0192 e. The quantitative estimate of drug-likeness (QED) is 0.792. The van der Waals surface area contributed by atoms with Gasteiger partial charge in [0.15, 0.2) is 0 Å². The van der Waals surface area contributed by atoms with Gasteiger partial charge < -0.3 is 5.32 Å². The first kappa shape index (κ1) is 13.4. The summed E-state index contributed by atoms with van der Waals surface area (Å²) in [6.45, 7) is 7.49. The molecule has 2 rings (SSSR count). The molecule has 0 aromatic heterocycles. The van der Waals surface area contributed by atoms with Gasteiger partial charge in [-0.1, -0.05) is 25.7 Å². The number of nitrogens with zero attached hydrogens (tertiary/aromatic N) is 1. The third-order valence-corrected chi connectivity index (χ3v) is 4.61. The minimum absolute atomic E-state index is 0.735. The van der Waals surface area contributed by atoms with Gasteiger partial charge in [0.25, 0.3) is 0 Å². The minimum atomic E-state index is 0.735. The minimum Gasteiger partial charge on any atom is -0.315 e. The van der Waals surface area contributed by atoms with Gasteiger partial charge in [0.05, 0.1) is 0 Å². The van der Waals surface area contributed by atoms with Crippen molar-refractivity contribution in [1.29, 1.82) is 0 Å². The molecule has 0 aromatic rings. The molecule has 0 bridgehead atoms. The van der Waals surface area contributed by atoms with E-state index in [0.29, 0.717) is 0 Å². The summed E-state index contributed by atoms with van der Waals surface area (Å²) in [5.74, 6) is 0.970. The Kier molecular flexibility index (Phi) is 5.79. The van der Waals surface area contributed by atoms with E-state index in [9.17, 15) is 0 Å². The number of hydrogen-bond acceptors (Lipinski definition) is 2. The molecule has 1 unspecified atom stereocenters. The average molecular weight is 238 g/mol. The molecular weight excluding hydrogens is 208 g/mol. The van der Waals surface area contributed by atoms with Gasteiger partial charge in [-0.2, -0.15) is 0 Å². The topological polar surface area (TPSA) is 15.3 Å². The maximum atomic E-state index is 3.71. The highest BCUT2D eigenvalue weighted by Gasteiger charge is 2.17. The van der Waals surface area contributed by atoms with Crippen molar-refractivity contribution in [1.82, 2.24) is 10.2 Å². The Labute approximate surface area is 107 Å². The Balaban J connectivity index is 1.57. The van der Waals surface area contributed by atoms with E-state index >= 15 is 0 Å². The molecule has 0 spiro atoms. The van der Waals surface area contributed by atoms with Crippen LogP contribution in [0, 0.1) is 5.92 Å². The van der Waals surface area contributed by atoms with Gasteiger partial charge in [-0.25, -0.2) is 0 Å². The van der Waals surface area contributed by atoms with Gasteiger partial charge in [-0.05, 0) is 58.2 Å². The Morgan fingerprint density at radius 3 is 2.35 bits per heavy atom. The van der Waals surface area contributed by atoms with Crippen LogP contribution < -0.4 is 5.32 Å². The smallest absolute Gasteiger partial charge is 0.0192 e. The second kappa shape index (κ2) is 7.38. The highest BCUT2D eigenvalue weighted by atomic mass is 15.2. The molecule has 1 saturated heterocycles. The van der Waals surface area contributed by atoms with Crippen LogP contribution in [0.3, 0.4) is 0 Å². The van der Waals surface area contributed by atoms with E-state index in [4.69, 9.17) is 0 Å². The number of likely N-dealkylation sites (tertiary alicyclic amines) is 1. The Hall–Kier alpha value is -0.0800.